The van der Waals surface area contributed by atoms with E-state index in [1.165, 1.54) is 0 Å². The topological polar surface area (TPSA) is 59.7 Å². The van der Waals surface area contributed by atoms with E-state index in [1.54, 1.807) is 27.5 Å². The summed E-state index contributed by atoms with van der Waals surface area (Å²) in [7, 11) is 0. The van der Waals surface area contributed by atoms with Gasteiger partial charge in [-0.3, -0.25) is 9.69 Å². The van der Waals surface area contributed by atoms with Gasteiger partial charge in [0.1, 0.15) is 11.4 Å². The molecule has 2 heterocycles. The van der Waals surface area contributed by atoms with Gasteiger partial charge in [0.2, 0.25) is 0 Å². The van der Waals surface area contributed by atoms with E-state index in [4.69, 9.17) is 9.73 Å². The lowest BCUT2D eigenvalue weighted by atomic mass is 10.1. The molecule has 0 saturated carbocycles. The number of amides is 1. The summed E-state index contributed by atoms with van der Waals surface area (Å²) in [6.07, 6.45) is 3.60. The van der Waals surface area contributed by atoms with E-state index in [1.807, 2.05) is 74.6 Å². The maximum absolute atomic E-state index is 13.2. The van der Waals surface area contributed by atoms with Crippen LogP contribution in [0.3, 0.4) is 0 Å². The molecule has 0 N–H and O–H groups in total. The molecule has 6 nitrogen and oxygen atoms in total. The molecule has 1 aromatic heterocycles. The predicted octanol–water partition coefficient (Wildman–Crippen LogP) is 4.54. The molecule has 1 fully saturated rings. The second-order valence-corrected chi connectivity index (χ2v) is 7.61. The zero-order valence-electron chi connectivity index (χ0n) is 16.4. The Morgan fingerprint density at radius 3 is 2.72 bits per heavy atom. The van der Waals surface area contributed by atoms with Crippen LogP contribution < -0.4 is 4.74 Å². The normalized spacial score (nSPS) is 17.7. The molecule has 0 radical (unpaired) electrons. The molecule has 0 spiro atoms. The molecular weight excluding hydrogens is 384 g/mol. The molecule has 2 aromatic carbocycles. The van der Waals surface area contributed by atoms with Crippen LogP contribution in [-0.4, -0.2) is 44.2 Å². The van der Waals surface area contributed by atoms with Crippen LogP contribution in [0, 0.1) is 0 Å². The largest absolute Gasteiger partial charge is 0.492 e. The molecule has 3 aromatic rings. The van der Waals surface area contributed by atoms with Crippen molar-refractivity contribution >= 4 is 28.5 Å². The number of hydrogen-bond donors (Lipinski definition) is 0. The van der Waals surface area contributed by atoms with E-state index in [0.29, 0.717) is 17.3 Å². The summed E-state index contributed by atoms with van der Waals surface area (Å²) >= 11 is 1.59. The van der Waals surface area contributed by atoms with Crippen molar-refractivity contribution < 1.29 is 9.53 Å². The summed E-state index contributed by atoms with van der Waals surface area (Å²) in [5.41, 5.74) is 2.27. The van der Waals surface area contributed by atoms with Gasteiger partial charge in [0.25, 0.3) is 5.91 Å². The molecule has 0 bridgehead atoms. The van der Waals surface area contributed by atoms with Crippen molar-refractivity contribution in [2.45, 2.75) is 19.9 Å². The SMILES string of the molecule is CCOc1ccccc1N=C1SCC(C)N1C(=O)c1ccc(-n2cccn2)cc1. The average molecular weight is 407 g/mol. The van der Waals surface area contributed by atoms with E-state index in [9.17, 15) is 4.79 Å². The van der Waals surface area contributed by atoms with Crippen LogP contribution in [0.25, 0.3) is 5.69 Å². The minimum Gasteiger partial charge on any atom is -0.492 e. The van der Waals surface area contributed by atoms with Gasteiger partial charge < -0.3 is 4.74 Å². The van der Waals surface area contributed by atoms with Crippen molar-refractivity contribution in [3.63, 3.8) is 0 Å². The third-order valence-electron chi connectivity index (χ3n) is 4.58. The summed E-state index contributed by atoms with van der Waals surface area (Å²) in [6.45, 7) is 4.55. The minimum atomic E-state index is -0.0536. The standard InChI is InChI=1S/C22H22N4O2S/c1-3-28-20-8-5-4-7-19(20)24-22-26(16(2)15-29-22)21(27)17-9-11-18(12-10-17)25-14-6-13-23-25/h4-14,16H,3,15H2,1-2H3. The number of carbonyl (C=O) groups excluding carboxylic acids is 1. The Bertz CT molecular complexity index is 1020. The number of aliphatic imine (C=N–C) groups is 1. The first-order valence-electron chi connectivity index (χ1n) is 9.54. The van der Waals surface area contributed by atoms with Crippen LogP contribution in [0.5, 0.6) is 5.75 Å². The van der Waals surface area contributed by atoms with Gasteiger partial charge in [-0.25, -0.2) is 9.67 Å². The monoisotopic (exact) mass is 406 g/mol. The third-order valence-corrected chi connectivity index (χ3v) is 5.78. The molecule has 1 amide bonds. The van der Waals surface area contributed by atoms with Gasteiger partial charge in [0, 0.05) is 29.8 Å². The van der Waals surface area contributed by atoms with E-state index in [0.717, 1.165) is 22.9 Å². The van der Waals surface area contributed by atoms with Gasteiger partial charge in [-0.2, -0.15) is 5.10 Å². The number of thioether (sulfide) groups is 1. The molecule has 0 aliphatic carbocycles. The fourth-order valence-corrected chi connectivity index (χ4v) is 4.25. The van der Waals surface area contributed by atoms with Gasteiger partial charge in [0.15, 0.2) is 5.17 Å². The lowest BCUT2D eigenvalue weighted by molar-refractivity contribution is 0.0828. The highest BCUT2D eigenvalue weighted by molar-refractivity contribution is 8.14. The first-order valence-corrected chi connectivity index (χ1v) is 10.5. The Morgan fingerprint density at radius 1 is 1.21 bits per heavy atom. The van der Waals surface area contributed by atoms with Crippen molar-refractivity contribution in [1.29, 1.82) is 0 Å². The van der Waals surface area contributed by atoms with Crippen LogP contribution >= 0.6 is 11.8 Å². The smallest absolute Gasteiger partial charge is 0.260 e. The highest BCUT2D eigenvalue weighted by atomic mass is 32.2. The van der Waals surface area contributed by atoms with Crippen LogP contribution in [-0.2, 0) is 0 Å². The highest BCUT2D eigenvalue weighted by Crippen LogP contribution is 2.33. The summed E-state index contributed by atoms with van der Waals surface area (Å²) < 4.78 is 7.44. The van der Waals surface area contributed by atoms with Crippen molar-refractivity contribution in [3.8, 4) is 11.4 Å². The van der Waals surface area contributed by atoms with Gasteiger partial charge in [0.05, 0.1) is 12.3 Å². The molecule has 148 valence electrons. The number of amidine groups is 1. The third kappa shape index (κ3) is 4.05. The summed E-state index contributed by atoms with van der Waals surface area (Å²) in [6, 6.07) is 17.0. The van der Waals surface area contributed by atoms with Crippen LogP contribution in [0.2, 0.25) is 0 Å². The number of hydrogen-bond acceptors (Lipinski definition) is 5. The molecule has 1 aliphatic heterocycles. The summed E-state index contributed by atoms with van der Waals surface area (Å²) in [5.74, 6) is 1.48. The van der Waals surface area contributed by atoms with E-state index in [-0.39, 0.29) is 11.9 Å². The van der Waals surface area contributed by atoms with Gasteiger partial charge in [-0.05, 0) is 56.3 Å². The number of carbonyl (C=O) groups is 1. The quantitative estimate of drug-likeness (QED) is 0.624. The minimum absolute atomic E-state index is 0.0536. The van der Waals surface area contributed by atoms with Crippen LogP contribution in [0.15, 0.2) is 72.0 Å². The van der Waals surface area contributed by atoms with E-state index in [2.05, 4.69) is 5.10 Å². The first kappa shape index (κ1) is 19.3. The lowest BCUT2D eigenvalue weighted by Gasteiger charge is -2.21. The second-order valence-electron chi connectivity index (χ2n) is 6.63. The van der Waals surface area contributed by atoms with Gasteiger partial charge >= 0.3 is 0 Å². The maximum atomic E-state index is 13.2. The first-order chi connectivity index (χ1) is 14.2. The fraction of sp³-hybridized carbons (Fsp3) is 0.227. The summed E-state index contributed by atoms with van der Waals surface area (Å²) in [4.78, 5) is 19.8. The lowest BCUT2D eigenvalue weighted by Crippen LogP contribution is -2.37. The number of benzene rings is 2. The number of ether oxygens (including phenoxy) is 1. The summed E-state index contributed by atoms with van der Waals surface area (Å²) in [5, 5.41) is 4.92. The molecule has 1 atom stereocenters. The van der Waals surface area contributed by atoms with Gasteiger partial charge in [-0.1, -0.05) is 23.9 Å². The van der Waals surface area contributed by atoms with Gasteiger partial charge in [-0.15, -0.1) is 0 Å². The zero-order valence-corrected chi connectivity index (χ0v) is 17.2. The van der Waals surface area contributed by atoms with Crippen molar-refractivity contribution in [2.24, 2.45) is 4.99 Å². The molecule has 1 saturated heterocycles. The van der Waals surface area contributed by atoms with Crippen molar-refractivity contribution in [3.05, 3.63) is 72.6 Å². The van der Waals surface area contributed by atoms with Crippen LogP contribution in [0.1, 0.15) is 24.2 Å². The molecule has 1 aliphatic rings. The second kappa shape index (κ2) is 8.53. The molecule has 29 heavy (non-hydrogen) atoms. The van der Waals surface area contributed by atoms with E-state index >= 15 is 0 Å². The number of aromatic nitrogens is 2. The fourth-order valence-electron chi connectivity index (χ4n) is 3.15. The number of nitrogens with zero attached hydrogens (tertiary/aromatic N) is 4. The Balaban J connectivity index is 1.61. The predicted molar refractivity (Wildman–Crippen MR) is 116 cm³/mol. The number of para-hydroxylation sites is 2. The molecular formula is C22H22N4O2S. The molecule has 1 unspecified atom stereocenters. The van der Waals surface area contributed by atoms with Crippen molar-refractivity contribution in [1.82, 2.24) is 14.7 Å². The van der Waals surface area contributed by atoms with E-state index < -0.39 is 0 Å². The Morgan fingerprint density at radius 2 is 2.00 bits per heavy atom. The molecule has 4 rings (SSSR count). The Hall–Kier alpha value is -3.06. The molecule has 7 heteroatoms. The number of rotatable bonds is 5. The average Bonchev–Trinajstić information content (AvgIpc) is 3.40. The van der Waals surface area contributed by atoms with Crippen molar-refractivity contribution in [2.75, 3.05) is 12.4 Å². The van der Waals surface area contributed by atoms with Crippen LogP contribution in [0.4, 0.5) is 5.69 Å². The maximum Gasteiger partial charge on any atom is 0.260 e. The Labute approximate surface area is 174 Å². The highest BCUT2D eigenvalue weighted by Gasteiger charge is 2.33. The Kier molecular flexibility index (Phi) is 5.67. The zero-order chi connectivity index (χ0) is 20.2.